The molecule has 23 heavy (non-hydrogen) atoms. The third kappa shape index (κ3) is 2.58. The monoisotopic (exact) mass is 316 g/mol. The Hall–Kier alpha value is -2.37. The summed E-state index contributed by atoms with van der Waals surface area (Å²) in [5, 5.41) is 2.82. The number of carbonyl (C=O) groups is 3. The van der Waals surface area contributed by atoms with Gasteiger partial charge < -0.3 is 10.1 Å². The largest absolute Gasteiger partial charge is 0.496 e. The van der Waals surface area contributed by atoms with E-state index in [0.717, 1.165) is 12.8 Å². The molecule has 1 saturated heterocycles. The van der Waals surface area contributed by atoms with Crippen molar-refractivity contribution in [2.75, 3.05) is 7.11 Å². The fourth-order valence-corrected chi connectivity index (χ4v) is 3.09. The van der Waals surface area contributed by atoms with Gasteiger partial charge in [0.2, 0.25) is 0 Å². The molecule has 0 radical (unpaired) electrons. The number of hydrogen-bond donors (Lipinski definition) is 1. The molecular formula is C17H20N2O4. The zero-order valence-electron chi connectivity index (χ0n) is 13.5. The average Bonchev–Trinajstić information content (AvgIpc) is 3.33. The van der Waals surface area contributed by atoms with Gasteiger partial charge in [0.15, 0.2) is 5.78 Å². The van der Waals surface area contributed by atoms with Gasteiger partial charge in [-0.15, -0.1) is 0 Å². The van der Waals surface area contributed by atoms with Crippen LogP contribution in [-0.4, -0.2) is 35.3 Å². The van der Waals surface area contributed by atoms with Crippen LogP contribution in [0.5, 0.6) is 5.75 Å². The first kappa shape index (κ1) is 15.5. The van der Waals surface area contributed by atoms with E-state index < -0.39 is 5.54 Å². The highest BCUT2D eigenvalue weighted by atomic mass is 16.5. The lowest BCUT2D eigenvalue weighted by Gasteiger charge is -2.21. The summed E-state index contributed by atoms with van der Waals surface area (Å²) < 4.78 is 5.29. The molecule has 6 nitrogen and oxygen atoms in total. The molecular weight excluding hydrogens is 296 g/mol. The fraction of sp³-hybridized carbons (Fsp3) is 0.471. The lowest BCUT2D eigenvalue weighted by molar-refractivity contribution is -0.131. The molecule has 0 spiro atoms. The molecule has 3 amide bonds. The van der Waals surface area contributed by atoms with E-state index in [9.17, 15) is 14.4 Å². The Morgan fingerprint density at radius 3 is 2.65 bits per heavy atom. The van der Waals surface area contributed by atoms with Crippen LogP contribution in [0.25, 0.3) is 0 Å². The number of nitrogens with one attached hydrogen (secondary N) is 1. The van der Waals surface area contributed by atoms with E-state index in [-0.39, 0.29) is 30.2 Å². The molecule has 1 aliphatic heterocycles. The van der Waals surface area contributed by atoms with E-state index in [0.29, 0.717) is 16.9 Å². The SMILES string of the molecule is COc1ccc(C(C)=O)cc1CN1C(=O)NC(C)(C2CC2)C1=O. The third-order valence-electron chi connectivity index (χ3n) is 4.71. The lowest BCUT2D eigenvalue weighted by Crippen LogP contribution is -2.46. The first-order valence-corrected chi connectivity index (χ1v) is 7.68. The first-order chi connectivity index (χ1) is 10.9. The topological polar surface area (TPSA) is 75.7 Å². The number of benzene rings is 1. The highest BCUT2D eigenvalue weighted by Gasteiger charge is 2.55. The van der Waals surface area contributed by atoms with E-state index in [2.05, 4.69) is 5.32 Å². The van der Waals surface area contributed by atoms with Crippen molar-refractivity contribution in [3.8, 4) is 5.75 Å². The number of Topliss-reactive ketones (excluding diaryl/α,β-unsaturated/α-hetero) is 1. The molecule has 1 aliphatic carbocycles. The zero-order valence-corrected chi connectivity index (χ0v) is 13.5. The quantitative estimate of drug-likeness (QED) is 0.667. The molecule has 6 heteroatoms. The van der Waals surface area contributed by atoms with Crippen molar-refractivity contribution in [1.82, 2.24) is 10.2 Å². The Kier molecular flexibility index (Phi) is 3.62. The summed E-state index contributed by atoms with van der Waals surface area (Å²) in [6.07, 6.45) is 1.92. The van der Waals surface area contributed by atoms with Gasteiger partial charge in [-0.05, 0) is 50.8 Å². The molecule has 1 N–H and O–H groups in total. The van der Waals surface area contributed by atoms with Gasteiger partial charge in [0.25, 0.3) is 5.91 Å². The summed E-state index contributed by atoms with van der Waals surface area (Å²) in [5.74, 6) is 0.485. The van der Waals surface area contributed by atoms with Crippen LogP contribution in [0.2, 0.25) is 0 Å². The van der Waals surface area contributed by atoms with E-state index in [4.69, 9.17) is 4.74 Å². The van der Waals surface area contributed by atoms with Gasteiger partial charge in [0.05, 0.1) is 13.7 Å². The van der Waals surface area contributed by atoms with Crippen LogP contribution in [0.1, 0.15) is 42.6 Å². The fourth-order valence-electron chi connectivity index (χ4n) is 3.09. The Morgan fingerprint density at radius 1 is 1.39 bits per heavy atom. The van der Waals surface area contributed by atoms with E-state index in [1.165, 1.54) is 18.9 Å². The maximum atomic E-state index is 12.7. The molecule has 1 aromatic rings. The highest BCUT2D eigenvalue weighted by molar-refractivity contribution is 6.07. The molecule has 3 rings (SSSR count). The summed E-state index contributed by atoms with van der Waals surface area (Å²) in [7, 11) is 1.52. The lowest BCUT2D eigenvalue weighted by atomic mass is 9.96. The number of methoxy groups -OCH3 is 1. The first-order valence-electron chi connectivity index (χ1n) is 7.68. The summed E-state index contributed by atoms with van der Waals surface area (Å²) in [4.78, 5) is 37.7. The van der Waals surface area contributed by atoms with Gasteiger partial charge in [-0.1, -0.05) is 0 Å². The summed E-state index contributed by atoms with van der Waals surface area (Å²) in [5.41, 5.74) is 0.365. The van der Waals surface area contributed by atoms with E-state index >= 15 is 0 Å². The van der Waals surface area contributed by atoms with Crippen LogP contribution in [0.3, 0.4) is 0 Å². The normalized spacial score (nSPS) is 23.9. The standard InChI is InChI=1S/C17H20N2O4/c1-10(20)11-4-7-14(23-3)12(8-11)9-19-15(21)17(2,13-5-6-13)18-16(19)22/h4,7-8,13H,5-6,9H2,1-3H3,(H,18,22). The Balaban J connectivity index is 1.89. The number of rotatable bonds is 5. The minimum absolute atomic E-state index is 0.0751. The van der Waals surface area contributed by atoms with Crippen LogP contribution in [0, 0.1) is 5.92 Å². The van der Waals surface area contributed by atoms with Crippen molar-refractivity contribution >= 4 is 17.7 Å². The minimum atomic E-state index is -0.803. The van der Waals surface area contributed by atoms with Crippen molar-refractivity contribution in [3.63, 3.8) is 0 Å². The second kappa shape index (κ2) is 5.37. The molecule has 0 bridgehead atoms. The Labute approximate surface area is 134 Å². The maximum absolute atomic E-state index is 12.7. The summed E-state index contributed by atoms with van der Waals surface area (Å²) in [6, 6.07) is 4.64. The number of amides is 3. The van der Waals surface area contributed by atoms with Gasteiger partial charge in [0, 0.05) is 11.1 Å². The average molecular weight is 316 g/mol. The van der Waals surface area contributed by atoms with Crippen molar-refractivity contribution in [3.05, 3.63) is 29.3 Å². The molecule has 1 saturated carbocycles. The predicted molar refractivity (Wildman–Crippen MR) is 83.2 cm³/mol. The summed E-state index contributed by atoms with van der Waals surface area (Å²) in [6.45, 7) is 3.36. The number of urea groups is 1. The smallest absolute Gasteiger partial charge is 0.325 e. The maximum Gasteiger partial charge on any atom is 0.325 e. The molecule has 1 atom stereocenters. The summed E-state index contributed by atoms with van der Waals surface area (Å²) >= 11 is 0. The van der Waals surface area contributed by atoms with Crippen LogP contribution in [0.4, 0.5) is 4.79 Å². The van der Waals surface area contributed by atoms with Crippen molar-refractivity contribution in [2.24, 2.45) is 5.92 Å². The second-order valence-corrected chi connectivity index (χ2v) is 6.38. The zero-order chi connectivity index (χ0) is 16.8. The number of ketones is 1. The number of hydrogen-bond acceptors (Lipinski definition) is 4. The van der Waals surface area contributed by atoms with Crippen LogP contribution in [0.15, 0.2) is 18.2 Å². The van der Waals surface area contributed by atoms with Crippen LogP contribution < -0.4 is 10.1 Å². The molecule has 1 unspecified atom stereocenters. The number of imide groups is 1. The predicted octanol–water partition coefficient (Wildman–Crippen LogP) is 2.12. The van der Waals surface area contributed by atoms with E-state index in [1.807, 2.05) is 0 Å². The minimum Gasteiger partial charge on any atom is -0.496 e. The van der Waals surface area contributed by atoms with E-state index in [1.54, 1.807) is 25.1 Å². The highest BCUT2D eigenvalue weighted by Crippen LogP contribution is 2.43. The van der Waals surface area contributed by atoms with Crippen LogP contribution >= 0.6 is 0 Å². The molecule has 1 heterocycles. The van der Waals surface area contributed by atoms with Gasteiger partial charge in [-0.25, -0.2) is 4.79 Å². The van der Waals surface area contributed by atoms with Crippen LogP contribution in [-0.2, 0) is 11.3 Å². The number of carbonyl (C=O) groups excluding carboxylic acids is 3. The number of ether oxygens (including phenoxy) is 1. The van der Waals surface area contributed by atoms with Crippen molar-refractivity contribution in [1.29, 1.82) is 0 Å². The van der Waals surface area contributed by atoms with Gasteiger partial charge in [-0.3, -0.25) is 14.5 Å². The molecule has 2 aliphatic rings. The van der Waals surface area contributed by atoms with Gasteiger partial charge in [-0.2, -0.15) is 0 Å². The van der Waals surface area contributed by atoms with Crippen molar-refractivity contribution < 1.29 is 19.1 Å². The number of nitrogens with zero attached hydrogens (tertiary/aromatic N) is 1. The molecule has 0 aromatic heterocycles. The molecule has 122 valence electrons. The molecule has 1 aromatic carbocycles. The third-order valence-corrected chi connectivity index (χ3v) is 4.71. The second-order valence-electron chi connectivity index (χ2n) is 6.38. The Morgan fingerprint density at radius 2 is 2.09 bits per heavy atom. The Bertz CT molecular complexity index is 696. The molecule has 2 fully saturated rings. The van der Waals surface area contributed by atoms with Crippen molar-refractivity contribution in [2.45, 2.75) is 38.8 Å². The van der Waals surface area contributed by atoms with Gasteiger partial charge >= 0.3 is 6.03 Å². The van der Waals surface area contributed by atoms with Gasteiger partial charge in [0.1, 0.15) is 11.3 Å².